The average molecular weight is 282 g/mol. The molecule has 0 saturated carbocycles. The van der Waals surface area contributed by atoms with Gasteiger partial charge in [-0.1, -0.05) is 18.2 Å². The van der Waals surface area contributed by atoms with E-state index < -0.39 is 0 Å². The van der Waals surface area contributed by atoms with Gasteiger partial charge < -0.3 is 0 Å². The molecule has 2 rings (SSSR count). The SMILES string of the molecule is Ic1ccccc1-c1cnccn1. The first kappa shape index (κ1) is 8.62. The molecule has 13 heavy (non-hydrogen) atoms. The molecule has 0 aliphatic rings. The minimum atomic E-state index is 0.924. The van der Waals surface area contributed by atoms with Crippen LogP contribution in [0.15, 0.2) is 42.9 Å². The first-order chi connectivity index (χ1) is 6.38. The van der Waals surface area contributed by atoms with Crippen LogP contribution in [0.3, 0.4) is 0 Å². The lowest BCUT2D eigenvalue weighted by Gasteiger charge is -2.01. The van der Waals surface area contributed by atoms with Crippen LogP contribution in [0.4, 0.5) is 0 Å². The Bertz CT molecular complexity index is 401. The summed E-state index contributed by atoms with van der Waals surface area (Å²) in [6.07, 6.45) is 5.16. The van der Waals surface area contributed by atoms with Crippen LogP contribution in [0.5, 0.6) is 0 Å². The molecule has 0 bridgehead atoms. The number of benzene rings is 1. The fourth-order valence-corrected chi connectivity index (χ4v) is 1.77. The van der Waals surface area contributed by atoms with Crippen LogP contribution in [0.1, 0.15) is 0 Å². The van der Waals surface area contributed by atoms with Crippen molar-refractivity contribution < 1.29 is 0 Å². The van der Waals surface area contributed by atoms with Crippen LogP contribution >= 0.6 is 22.6 Å². The predicted molar refractivity (Wildman–Crippen MR) is 60.2 cm³/mol. The molecule has 1 aromatic carbocycles. The Morgan fingerprint density at radius 2 is 1.92 bits per heavy atom. The fourth-order valence-electron chi connectivity index (χ4n) is 1.11. The van der Waals surface area contributed by atoms with Crippen molar-refractivity contribution in [2.24, 2.45) is 0 Å². The molecule has 0 unspecified atom stereocenters. The average Bonchev–Trinajstić information content (AvgIpc) is 2.20. The number of aromatic nitrogens is 2. The van der Waals surface area contributed by atoms with E-state index in [1.54, 1.807) is 18.6 Å². The van der Waals surface area contributed by atoms with Gasteiger partial charge in [0.25, 0.3) is 0 Å². The zero-order chi connectivity index (χ0) is 9.10. The maximum absolute atomic E-state index is 4.24. The standard InChI is InChI=1S/C10H7IN2/c11-9-4-2-1-3-8(9)10-7-12-5-6-13-10/h1-7H. The van der Waals surface area contributed by atoms with Crippen molar-refractivity contribution in [1.82, 2.24) is 9.97 Å². The Labute approximate surface area is 90.2 Å². The molecule has 1 aromatic heterocycles. The van der Waals surface area contributed by atoms with Gasteiger partial charge in [-0.3, -0.25) is 9.97 Å². The summed E-state index contributed by atoms with van der Waals surface area (Å²) in [7, 11) is 0. The van der Waals surface area contributed by atoms with Gasteiger partial charge in [-0.05, 0) is 28.7 Å². The van der Waals surface area contributed by atoms with Crippen LogP contribution in [0.25, 0.3) is 11.3 Å². The van der Waals surface area contributed by atoms with Crippen molar-refractivity contribution in [3.8, 4) is 11.3 Å². The first-order valence-corrected chi connectivity index (χ1v) is 4.97. The van der Waals surface area contributed by atoms with Gasteiger partial charge in [0.15, 0.2) is 0 Å². The Morgan fingerprint density at radius 3 is 2.62 bits per heavy atom. The summed E-state index contributed by atoms with van der Waals surface area (Å²) in [4.78, 5) is 8.28. The number of hydrogen-bond donors (Lipinski definition) is 0. The summed E-state index contributed by atoms with van der Waals surface area (Å²) in [6.45, 7) is 0. The third-order valence-corrected chi connectivity index (χ3v) is 2.65. The lowest BCUT2D eigenvalue weighted by molar-refractivity contribution is 1.20. The highest BCUT2D eigenvalue weighted by Gasteiger charge is 2.01. The van der Waals surface area contributed by atoms with Crippen molar-refractivity contribution >= 4 is 22.6 Å². The van der Waals surface area contributed by atoms with E-state index in [-0.39, 0.29) is 0 Å². The van der Waals surface area contributed by atoms with Crippen LogP contribution in [-0.2, 0) is 0 Å². The molecule has 0 amide bonds. The van der Waals surface area contributed by atoms with E-state index in [0.29, 0.717) is 0 Å². The molecule has 0 spiro atoms. The van der Waals surface area contributed by atoms with E-state index in [1.807, 2.05) is 18.2 Å². The van der Waals surface area contributed by atoms with E-state index in [1.165, 1.54) is 3.57 Å². The van der Waals surface area contributed by atoms with Gasteiger partial charge in [-0.15, -0.1) is 0 Å². The Kier molecular flexibility index (Phi) is 2.54. The van der Waals surface area contributed by atoms with E-state index in [0.717, 1.165) is 11.3 Å². The summed E-state index contributed by atoms with van der Waals surface area (Å²) in [6, 6.07) is 8.13. The lowest BCUT2D eigenvalue weighted by atomic mass is 10.2. The van der Waals surface area contributed by atoms with Gasteiger partial charge in [0.2, 0.25) is 0 Å². The molecule has 0 N–H and O–H groups in total. The van der Waals surface area contributed by atoms with Gasteiger partial charge in [0, 0.05) is 21.5 Å². The Morgan fingerprint density at radius 1 is 1.08 bits per heavy atom. The second-order valence-corrected chi connectivity index (χ2v) is 3.73. The predicted octanol–water partition coefficient (Wildman–Crippen LogP) is 2.75. The molecule has 2 nitrogen and oxygen atoms in total. The zero-order valence-corrected chi connectivity index (χ0v) is 8.97. The molecule has 0 saturated heterocycles. The van der Waals surface area contributed by atoms with Gasteiger partial charge in [-0.25, -0.2) is 0 Å². The quantitative estimate of drug-likeness (QED) is 0.752. The molecule has 0 aliphatic carbocycles. The van der Waals surface area contributed by atoms with E-state index >= 15 is 0 Å². The van der Waals surface area contributed by atoms with Gasteiger partial charge in [0.1, 0.15) is 0 Å². The van der Waals surface area contributed by atoms with Crippen molar-refractivity contribution in [3.63, 3.8) is 0 Å². The fraction of sp³-hybridized carbons (Fsp3) is 0. The molecule has 64 valence electrons. The smallest absolute Gasteiger partial charge is 0.0895 e. The van der Waals surface area contributed by atoms with Crippen LogP contribution in [-0.4, -0.2) is 9.97 Å². The van der Waals surface area contributed by atoms with Gasteiger partial charge >= 0.3 is 0 Å². The normalized spacial score (nSPS) is 9.92. The third kappa shape index (κ3) is 1.85. The molecule has 0 radical (unpaired) electrons. The van der Waals surface area contributed by atoms with E-state index in [4.69, 9.17) is 0 Å². The molecule has 2 aromatic rings. The number of hydrogen-bond acceptors (Lipinski definition) is 2. The van der Waals surface area contributed by atoms with Crippen molar-refractivity contribution in [2.45, 2.75) is 0 Å². The highest BCUT2D eigenvalue weighted by molar-refractivity contribution is 14.1. The molecule has 3 heteroatoms. The maximum atomic E-state index is 4.24. The maximum Gasteiger partial charge on any atom is 0.0895 e. The van der Waals surface area contributed by atoms with E-state index in [2.05, 4.69) is 38.6 Å². The molecule has 0 aliphatic heterocycles. The largest absolute Gasteiger partial charge is 0.261 e. The van der Waals surface area contributed by atoms with Crippen molar-refractivity contribution in [2.75, 3.05) is 0 Å². The Hall–Kier alpha value is -0.970. The summed E-state index contributed by atoms with van der Waals surface area (Å²) < 4.78 is 1.20. The molecule has 1 heterocycles. The minimum Gasteiger partial charge on any atom is -0.261 e. The van der Waals surface area contributed by atoms with Gasteiger partial charge in [-0.2, -0.15) is 0 Å². The number of nitrogens with zero attached hydrogens (tertiary/aromatic N) is 2. The van der Waals surface area contributed by atoms with Crippen molar-refractivity contribution in [3.05, 3.63) is 46.4 Å². The number of rotatable bonds is 1. The lowest BCUT2D eigenvalue weighted by Crippen LogP contribution is -1.86. The van der Waals surface area contributed by atoms with Crippen LogP contribution in [0, 0.1) is 3.57 Å². The van der Waals surface area contributed by atoms with Crippen LogP contribution in [0.2, 0.25) is 0 Å². The minimum absolute atomic E-state index is 0.924. The monoisotopic (exact) mass is 282 g/mol. The highest BCUT2D eigenvalue weighted by Crippen LogP contribution is 2.21. The first-order valence-electron chi connectivity index (χ1n) is 3.89. The summed E-state index contributed by atoms with van der Waals surface area (Å²) in [5.74, 6) is 0. The second kappa shape index (κ2) is 3.83. The molecular weight excluding hydrogens is 275 g/mol. The van der Waals surface area contributed by atoms with Crippen LogP contribution < -0.4 is 0 Å². The third-order valence-electron chi connectivity index (χ3n) is 1.71. The molecule has 0 atom stereocenters. The summed E-state index contributed by atoms with van der Waals surface area (Å²) >= 11 is 2.30. The zero-order valence-electron chi connectivity index (χ0n) is 6.81. The second-order valence-electron chi connectivity index (χ2n) is 2.57. The highest BCUT2D eigenvalue weighted by atomic mass is 127. The van der Waals surface area contributed by atoms with Crippen molar-refractivity contribution in [1.29, 1.82) is 0 Å². The molecular formula is C10H7IN2. The number of halogens is 1. The topological polar surface area (TPSA) is 25.8 Å². The Balaban J connectivity index is 2.54. The summed E-state index contributed by atoms with van der Waals surface area (Å²) in [5.41, 5.74) is 2.06. The molecule has 0 fully saturated rings. The van der Waals surface area contributed by atoms with Gasteiger partial charge in [0.05, 0.1) is 11.9 Å². The summed E-state index contributed by atoms with van der Waals surface area (Å²) in [5, 5.41) is 0. The van der Waals surface area contributed by atoms with E-state index in [9.17, 15) is 0 Å².